The van der Waals surface area contributed by atoms with Gasteiger partial charge in [-0.15, -0.1) is 0 Å². The van der Waals surface area contributed by atoms with Crippen molar-refractivity contribution in [2.45, 2.75) is 25.3 Å². The number of esters is 1. The van der Waals surface area contributed by atoms with Gasteiger partial charge in [0.2, 0.25) is 9.84 Å². The summed E-state index contributed by atoms with van der Waals surface area (Å²) >= 11 is 2.37. The third-order valence-corrected chi connectivity index (χ3v) is 10.1. The number of benzene rings is 3. The lowest BCUT2D eigenvalue weighted by Crippen LogP contribution is -2.26. The molecule has 0 aliphatic carbocycles. The second-order valence-electron chi connectivity index (χ2n) is 8.39. The number of thiazole rings is 1. The Morgan fingerprint density at radius 1 is 0.975 bits per heavy atom. The summed E-state index contributed by atoms with van der Waals surface area (Å²) in [5.74, 6) is -1.24. The van der Waals surface area contributed by atoms with E-state index in [0.717, 1.165) is 51.6 Å². The van der Waals surface area contributed by atoms with Crippen molar-refractivity contribution in [2.24, 2.45) is 0 Å². The summed E-state index contributed by atoms with van der Waals surface area (Å²) in [5, 5.41) is 13.2. The van der Waals surface area contributed by atoms with E-state index >= 15 is 0 Å². The lowest BCUT2D eigenvalue weighted by molar-refractivity contribution is -0.384. The van der Waals surface area contributed by atoms with Gasteiger partial charge >= 0.3 is 5.97 Å². The van der Waals surface area contributed by atoms with E-state index in [-0.39, 0.29) is 26.3 Å². The van der Waals surface area contributed by atoms with Crippen LogP contribution in [0, 0.1) is 10.1 Å². The number of para-hydroxylation sites is 2. The van der Waals surface area contributed by atoms with Crippen LogP contribution in [0.5, 0.6) is 0 Å². The van der Waals surface area contributed by atoms with Gasteiger partial charge in [-0.3, -0.25) is 25.0 Å². The van der Waals surface area contributed by atoms with Crippen LogP contribution >= 0.6 is 23.1 Å². The van der Waals surface area contributed by atoms with Crippen LogP contribution in [0.15, 0.2) is 97.9 Å². The number of nitro groups is 1. The van der Waals surface area contributed by atoms with Crippen LogP contribution in [0.2, 0.25) is 0 Å². The molecule has 11 nitrogen and oxygen atoms in total. The molecule has 204 valence electrons. The van der Waals surface area contributed by atoms with Crippen LogP contribution in [0.4, 0.5) is 22.2 Å². The molecule has 4 aromatic rings. The number of fused-ring (bicyclic) bond motifs is 2. The minimum absolute atomic E-state index is 0.000524. The Balaban J connectivity index is 1.15. The Hall–Kier alpha value is -4.27. The first-order chi connectivity index (χ1) is 19.2. The Morgan fingerprint density at radius 3 is 2.23 bits per heavy atom. The molecule has 5 rings (SSSR count). The van der Waals surface area contributed by atoms with Gasteiger partial charge in [0, 0.05) is 28.5 Å². The molecular weight excluding hydrogens is 577 g/mol. The van der Waals surface area contributed by atoms with Gasteiger partial charge in [0.25, 0.3) is 11.6 Å². The normalized spacial score (nSPS) is 12.2. The summed E-state index contributed by atoms with van der Waals surface area (Å²) in [5.41, 5.74) is 1.73. The van der Waals surface area contributed by atoms with Gasteiger partial charge in [-0.2, -0.15) is 0 Å². The molecular formula is C26H20N4O7S3. The number of anilines is 3. The van der Waals surface area contributed by atoms with E-state index in [1.807, 2.05) is 53.4 Å². The summed E-state index contributed by atoms with van der Waals surface area (Å²) in [6, 6.07) is 20.2. The smallest absolute Gasteiger partial charge is 0.308 e. The highest BCUT2D eigenvalue weighted by atomic mass is 32.2. The summed E-state index contributed by atoms with van der Waals surface area (Å²) in [4.78, 5) is 42.9. The van der Waals surface area contributed by atoms with Gasteiger partial charge in [-0.25, -0.2) is 13.4 Å². The quantitative estimate of drug-likeness (QED) is 0.158. The zero-order chi connectivity index (χ0) is 28.3. The molecule has 0 saturated heterocycles. The maximum atomic E-state index is 12.8. The van der Waals surface area contributed by atoms with Crippen LogP contribution in [0.25, 0.3) is 0 Å². The molecule has 0 bridgehead atoms. The van der Waals surface area contributed by atoms with Gasteiger partial charge in [0.05, 0.1) is 33.8 Å². The number of ether oxygens (including phenoxy) is 1. The molecule has 1 aliphatic heterocycles. The molecule has 14 heteroatoms. The van der Waals surface area contributed by atoms with E-state index in [9.17, 15) is 28.1 Å². The zero-order valence-electron chi connectivity index (χ0n) is 20.6. The first-order valence-electron chi connectivity index (χ1n) is 11.8. The van der Waals surface area contributed by atoms with Gasteiger partial charge < -0.3 is 9.64 Å². The van der Waals surface area contributed by atoms with Crippen molar-refractivity contribution in [1.29, 1.82) is 0 Å². The number of hydrogen-bond donors (Lipinski definition) is 1. The highest BCUT2D eigenvalue weighted by Crippen LogP contribution is 2.47. The number of hydrogen-bond acceptors (Lipinski definition) is 11. The number of carbonyl (C=O) groups excluding carboxylic acids is 2. The van der Waals surface area contributed by atoms with Crippen molar-refractivity contribution in [3.63, 3.8) is 0 Å². The Kier molecular flexibility index (Phi) is 7.82. The van der Waals surface area contributed by atoms with Crippen molar-refractivity contribution >= 4 is 67.0 Å². The van der Waals surface area contributed by atoms with Crippen LogP contribution in [-0.2, 0) is 24.2 Å². The number of carbonyl (C=O) groups is 2. The van der Waals surface area contributed by atoms with E-state index in [1.54, 1.807) is 11.8 Å². The lowest BCUT2D eigenvalue weighted by atomic mass is 10.2. The van der Waals surface area contributed by atoms with Crippen LogP contribution in [-0.4, -0.2) is 43.4 Å². The first kappa shape index (κ1) is 27.3. The molecule has 0 spiro atoms. The molecule has 40 heavy (non-hydrogen) atoms. The van der Waals surface area contributed by atoms with Crippen molar-refractivity contribution < 1.29 is 27.7 Å². The maximum absolute atomic E-state index is 12.8. The Labute approximate surface area is 236 Å². The summed E-state index contributed by atoms with van der Waals surface area (Å²) in [6.45, 7) is -0.211. The Bertz CT molecular complexity index is 1660. The van der Waals surface area contributed by atoms with Gasteiger partial charge in [-0.1, -0.05) is 47.4 Å². The van der Waals surface area contributed by atoms with Crippen LogP contribution in [0.3, 0.4) is 0 Å². The fourth-order valence-electron chi connectivity index (χ4n) is 3.90. The number of nitrogens with zero attached hydrogens (tertiary/aromatic N) is 3. The number of nitrogens with one attached hydrogen (secondary N) is 1. The molecule has 0 fully saturated rings. The summed E-state index contributed by atoms with van der Waals surface area (Å²) in [7, 11) is -3.99. The molecule has 0 atom stereocenters. The monoisotopic (exact) mass is 596 g/mol. The summed E-state index contributed by atoms with van der Waals surface area (Å²) in [6.07, 6.45) is 1.12. The predicted molar refractivity (Wildman–Crippen MR) is 149 cm³/mol. The maximum Gasteiger partial charge on any atom is 0.308 e. The van der Waals surface area contributed by atoms with Crippen molar-refractivity contribution in [2.75, 3.05) is 23.4 Å². The molecule has 1 N–H and O–H groups in total. The topological polar surface area (TPSA) is 149 Å². The fraction of sp³-hybridized carbons (Fsp3) is 0.115. The minimum atomic E-state index is -3.99. The number of aromatic nitrogens is 1. The van der Waals surface area contributed by atoms with E-state index in [4.69, 9.17) is 4.74 Å². The molecule has 1 amide bonds. The fourth-order valence-corrected chi connectivity index (χ4v) is 7.45. The number of non-ortho nitro benzene ring substituents is 1. The first-order valence-corrected chi connectivity index (χ1v) is 14.9. The van der Waals surface area contributed by atoms with E-state index < -0.39 is 33.2 Å². The number of nitro benzene ring substituents is 1. The van der Waals surface area contributed by atoms with Gasteiger partial charge in [-0.05, 0) is 36.4 Å². The third kappa shape index (κ3) is 5.83. The lowest BCUT2D eigenvalue weighted by Gasteiger charge is -2.32. The third-order valence-electron chi connectivity index (χ3n) is 5.79. The SMILES string of the molecule is O=C(COC(=O)CCN1c2ccccc2Sc2ccccc21)Nc1ncc(S(=O)(=O)c2ccc([N+](=O)[O-])cc2)s1. The molecule has 1 aliphatic rings. The molecule has 3 aromatic carbocycles. The average molecular weight is 597 g/mol. The van der Waals surface area contributed by atoms with Crippen LogP contribution < -0.4 is 10.2 Å². The van der Waals surface area contributed by atoms with E-state index in [2.05, 4.69) is 10.3 Å². The number of sulfone groups is 1. The second kappa shape index (κ2) is 11.5. The average Bonchev–Trinajstić information content (AvgIpc) is 3.43. The van der Waals surface area contributed by atoms with Crippen molar-refractivity contribution in [3.05, 3.63) is 89.1 Å². The van der Waals surface area contributed by atoms with Gasteiger partial charge in [0.15, 0.2) is 11.7 Å². The molecule has 1 aromatic heterocycles. The van der Waals surface area contributed by atoms with E-state index in [1.165, 1.54) is 0 Å². The zero-order valence-corrected chi connectivity index (χ0v) is 23.0. The van der Waals surface area contributed by atoms with Crippen molar-refractivity contribution in [3.8, 4) is 0 Å². The molecule has 0 radical (unpaired) electrons. The summed E-state index contributed by atoms with van der Waals surface area (Å²) < 4.78 is 30.6. The standard InChI is InChI=1S/C26H20N4O7S3/c31-23(28-26-27-15-25(39-26)40(35,36)18-11-9-17(10-12-18)30(33)34)16-37-24(32)13-14-29-19-5-1-3-7-21(19)38-22-8-4-2-6-20(22)29/h1-12,15H,13-14,16H2,(H,27,28,31). The van der Waals surface area contributed by atoms with Crippen LogP contribution in [0.1, 0.15) is 6.42 Å². The Morgan fingerprint density at radius 2 is 1.60 bits per heavy atom. The largest absolute Gasteiger partial charge is 0.456 e. The minimum Gasteiger partial charge on any atom is -0.456 e. The number of rotatable bonds is 9. The molecule has 0 saturated carbocycles. The number of amides is 1. The van der Waals surface area contributed by atoms with Gasteiger partial charge in [0.1, 0.15) is 4.21 Å². The predicted octanol–water partition coefficient (Wildman–Crippen LogP) is 5.06. The second-order valence-corrected chi connectivity index (χ2v) is 12.7. The highest BCUT2D eigenvalue weighted by Gasteiger charge is 2.25. The van der Waals surface area contributed by atoms with E-state index in [0.29, 0.717) is 17.9 Å². The highest BCUT2D eigenvalue weighted by molar-refractivity contribution is 7.99. The molecule has 2 heterocycles. The molecule has 0 unspecified atom stereocenters. The van der Waals surface area contributed by atoms with Crippen molar-refractivity contribution in [1.82, 2.24) is 4.98 Å².